The van der Waals surface area contributed by atoms with Gasteiger partial charge in [0.2, 0.25) is 0 Å². The van der Waals surface area contributed by atoms with E-state index < -0.39 is 0 Å². The van der Waals surface area contributed by atoms with Gasteiger partial charge < -0.3 is 10.0 Å². The first-order valence-electron chi connectivity index (χ1n) is 6.83. The molecule has 2 rings (SSSR count). The van der Waals surface area contributed by atoms with Crippen LogP contribution in [-0.4, -0.2) is 17.1 Å². The van der Waals surface area contributed by atoms with Gasteiger partial charge in [-0.05, 0) is 51.0 Å². The predicted octanol–water partition coefficient (Wildman–Crippen LogP) is 3.58. The van der Waals surface area contributed by atoms with Gasteiger partial charge in [0, 0.05) is 24.0 Å². The maximum Gasteiger partial charge on any atom is 0.138 e. The number of aryl methyl sites for hydroxylation is 4. The number of rotatable bonds is 3. The highest BCUT2D eigenvalue weighted by molar-refractivity contribution is 5.66. The van der Waals surface area contributed by atoms with Crippen molar-refractivity contribution in [3.8, 4) is 0 Å². The summed E-state index contributed by atoms with van der Waals surface area (Å²) < 4.78 is 0. The van der Waals surface area contributed by atoms with Gasteiger partial charge >= 0.3 is 0 Å². The Morgan fingerprint density at radius 2 is 1.75 bits per heavy atom. The Morgan fingerprint density at radius 3 is 2.35 bits per heavy atom. The second-order valence-electron chi connectivity index (χ2n) is 5.39. The van der Waals surface area contributed by atoms with Crippen LogP contribution in [0.5, 0.6) is 0 Å². The van der Waals surface area contributed by atoms with Crippen molar-refractivity contribution >= 4 is 11.5 Å². The van der Waals surface area contributed by atoms with Crippen LogP contribution in [-0.2, 0) is 6.61 Å². The van der Waals surface area contributed by atoms with Gasteiger partial charge in [-0.1, -0.05) is 17.7 Å². The third-order valence-corrected chi connectivity index (χ3v) is 3.64. The number of nitrogens with zero attached hydrogens (tertiary/aromatic N) is 2. The summed E-state index contributed by atoms with van der Waals surface area (Å²) in [5.74, 6) is 0.831. The zero-order valence-corrected chi connectivity index (χ0v) is 12.9. The van der Waals surface area contributed by atoms with Crippen LogP contribution < -0.4 is 4.90 Å². The molecule has 0 radical (unpaired) electrons. The average molecular weight is 270 g/mol. The predicted molar refractivity (Wildman–Crippen MR) is 83.6 cm³/mol. The number of aromatic nitrogens is 1. The van der Waals surface area contributed by atoms with Gasteiger partial charge in [0.25, 0.3) is 0 Å². The number of aliphatic hydroxyl groups excluding tert-OH is 1. The molecule has 1 heterocycles. The number of hydrogen-bond donors (Lipinski definition) is 1. The van der Waals surface area contributed by atoms with E-state index >= 15 is 0 Å². The van der Waals surface area contributed by atoms with E-state index in [1.165, 1.54) is 11.1 Å². The van der Waals surface area contributed by atoms with Crippen molar-refractivity contribution < 1.29 is 5.11 Å². The summed E-state index contributed by atoms with van der Waals surface area (Å²) in [7, 11) is 2.00. The molecule has 106 valence electrons. The summed E-state index contributed by atoms with van der Waals surface area (Å²) >= 11 is 0. The van der Waals surface area contributed by atoms with Gasteiger partial charge in [-0.25, -0.2) is 4.98 Å². The first-order valence-corrected chi connectivity index (χ1v) is 6.83. The minimum absolute atomic E-state index is 0.00367. The molecule has 20 heavy (non-hydrogen) atoms. The molecule has 0 aliphatic carbocycles. The van der Waals surface area contributed by atoms with E-state index in [2.05, 4.69) is 41.9 Å². The van der Waals surface area contributed by atoms with Crippen LogP contribution in [0.4, 0.5) is 11.5 Å². The summed E-state index contributed by atoms with van der Waals surface area (Å²) in [6, 6.07) is 8.36. The smallest absolute Gasteiger partial charge is 0.138 e. The van der Waals surface area contributed by atoms with Crippen LogP contribution in [0.25, 0.3) is 0 Å². The largest absolute Gasteiger partial charge is 0.392 e. The van der Waals surface area contributed by atoms with Crippen molar-refractivity contribution in [1.29, 1.82) is 0 Å². The lowest BCUT2D eigenvalue weighted by Gasteiger charge is -2.24. The van der Waals surface area contributed by atoms with E-state index in [9.17, 15) is 5.11 Å². The highest BCUT2D eigenvalue weighted by atomic mass is 16.3. The number of hydrogen-bond acceptors (Lipinski definition) is 3. The lowest BCUT2D eigenvalue weighted by molar-refractivity contribution is 0.281. The molecule has 0 fully saturated rings. The van der Waals surface area contributed by atoms with E-state index in [1.54, 1.807) is 0 Å². The monoisotopic (exact) mass is 270 g/mol. The van der Waals surface area contributed by atoms with Crippen LogP contribution in [0.2, 0.25) is 0 Å². The summed E-state index contributed by atoms with van der Waals surface area (Å²) in [5.41, 5.74) is 6.49. The van der Waals surface area contributed by atoms with Crippen LogP contribution in [0, 0.1) is 27.7 Å². The summed E-state index contributed by atoms with van der Waals surface area (Å²) in [4.78, 5) is 6.67. The van der Waals surface area contributed by atoms with Crippen molar-refractivity contribution in [2.24, 2.45) is 0 Å². The standard InChI is InChI=1S/C17H22N2O/c1-11-6-7-16(13(3)8-11)19(5)17-15(10-20)12(2)9-14(4)18-17/h6-9,20H,10H2,1-5H3. The molecular weight excluding hydrogens is 248 g/mol. The normalized spacial score (nSPS) is 10.7. The van der Waals surface area contributed by atoms with Crippen molar-refractivity contribution in [3.63, 3.8) is 0 Å². The maximum atomic E-state index is 9.63. The SMILES string of the molecule is Cc1ccc(N(C)c2nc(C)cc(C)c2CO)c(C)c1. The van der Waals surface area contributed by atoms with Gasteiger partial charge in [-0.15, -0.1) is 0 Å². The zero-order valence-electron chi connectivity index (χ0n) is 12.9. The van der Waals surface area contributed by atoms with Crippen LogP contribution in [0.15, 0.2) is 24.3 Å². The molecule has 0 spiro atoms. The van der Waals surface area contributed by atoms with Gasteiger partial charge in [0.15, 0.2) is 0 Å². The fourth-order valence-corrected chi connectivity index (χ4v) is 2.61. The Morgan fingerprint density at radius 1 is 1.05 bits per heavy atom. The second-order valence-corrected chi connectivity index (χ2v) is 5.39. The van der Waals surface area contributed by atoms with E-state index in [4.69, 9.17) is 0 Å². The molecule has 0 amide bonds. The Hall–Kier alpha value is -1.87. The lowest BCUT2D eigenvalue weighted by atomic mass is 10.1. The van der Waals surface area contributed by atoms with Gasteiger partial charge in [0.1, 0.15) is 5.82 Å². The Labute approximate surface area is 120 Å². The van der Waals surface area contributed by atoms with Crippen molar-refractivity contribution in [2.45, 2.75) is 34.3 Å². The Kier molecular flexibility index (Phi) is 4.09. The topological polar surface area (TPSA) is 36.4 Å². The van der Waals surface area contributed by atoms with E-state index in [1.807, 2.05) is 27.0 Å². The molecule has 1 aromatic heterocycles. The molecule has 3 nitrogen and oxygen atoms in total. The second kappa shape index (κ2) is 5.63. The molecule has 3 heteroatoms. The molecule has 2 aromatic rings. The zero-order chi connectivity index (χ0) is 14.9. The number of benzene rings is 1. The van der Waals surface area contributed by atoms with Crippen LogP contribution >= 0.6 is 0 Å². The van der Waals surface area contributed by atoms with Crippen LogP contribution in [0.1, 0.15) is 27.9 Å². The van der Waals surface area contributed by atoms with Gasteiger partial charge in [0.05, 0.1) is 6.61 Å². The van der Waals surface area contributed by atoms with Crippen molar-refractivity contribution in [1.82, 2.24) is 4.98 Å². The molecule has 0 aliphatic rings. The fourth-order valence-electron chi connectivity index (χ4n) is 2.61. The average Bonchev–Trinajstić information content (AvgIpc) is 2.37. The summed E-state index contributed by atoms with van der Waals surface area (Å²) in [6.45, 7) is 8.18. The van der Waals surface area contributed by atoms with Crippen molar-refractivity contribution in [3.05, 3.63) is 52.2 Å². The third kappa shape index (κ3) is 2.68. The molecule has 1 aromatic carbocycles. The summed E-state index contributed by atoms with van der Waals surface area (Å²) in [6.07, 6.45) is 0. The quantitative estimate of drug-likeness (QED) is 0.926. The lowest BCUT2D eigenvalue weighted by Crippen LogP contribution is -2.16. The van der Waals surface area contributed by atoms with E-state index in [-0.39, 0.29) is 6.61 Å². The van der Waals surface area contributed by atoms with Crippen molar-refractivity contribution in [2.75, 3.05) is 11.9 Å². The molecular formula is C17H22N2O. The van der Waals surface area contributed by atoms with Gasteiger partial charge in [-0.2, -0.15) is 0 Å². The number of anilines is 2. The first kappa shape index (κ1) is 14.5. The molecule has 1 N–H and O–H groups in total. The molecule has 0 saturated heterocycles. The first-order chi connectivity index (χ1) is 9.43. The molecule has 0 saturated carbocycles. The van der Waals surface area contributed by atoms with E-state index in [0.717, 1.165) is 28.3 Å². The summed E-state index contributed by atoms with van der Waals surface area (Å²) in [5, 5.41) is 9.63. The molecule has 0 aliphatic heterocycles. The number of aliphatic hydroxyl groups is 1. The highest BCUT2D eigenvalue weighted by Crippen LogP contribution is 2.30. The third-order valence-electron chi connectivity index (χ3n) is 3.64. The van der Waals surface area contributed by atoms with Crippen LogP contribution in [0.3, 0.4) is 0 Å². The minimum Gasteiger partial charge on any atom is -0.392 e. The molecule has 0 bridgehead atoms. The number of pyridine rings is 1. The minimum atomic E-state index is 0.00367. The molecule has 0 atom stereocenters. The van der Waals surface area contributed by atoms with Gasteiger partial charge in [-0.3, -0.25) is 0 Å². The maximum absolute atomic E-state index is 9.63. The fraction of sp³-hybridized carbons (Fsp3) is 0.353. The molecule has 0 unspecified atom stereocenters. The van der Waals surface area contributed by atoms with E-state index in [0.29, 0.717) is 0 Å². The highest BCUT2D eigenvalue weighted by Gasteiger charge is 2.15. The Bertz CT molecular complexity index is 635. The Balaban J connectivity index is 2.55.